The molecule has 0 spiro atoms. The van der Waals surface area contributed by atoms with Crippen LogP contribution in [0.2, 0.25) is 0 Å². The monoisotopic (exact) mass is 448 g/mol. The predicted molar refractivity (Wildman–Crippen MR) is 126 cm³/mol. The van der Waals surface area contributed by atoms with Gasteiger partial charge in [0.15, 0.2) is 0 Å². The molecule has 0 bridgehead atoms. The number of morpholine rings is 1. The minimum Gasteiger partial charge on any atom is -0.495 e. The molecule has 9 heteroatoms. The molecule has 0 aliphatic carbocycles. The number of nitrogens with zero attached hydrogens (tertiary/aromatic N) is 4. The number of methoxy groups -OCH3 is 1. The lowest BCUT2D eigenvalue weighted by Crippen LogP contribution is -2.38. The van der Waals surface area contributed by atoms with Crippen LogP contribution in [0.3, 0.4) is 0 Å². The van der Waals surface area contributed by atoms with Gasteiger partial charge in [-0.15, -0.1) is 0 Å². The number of aromatic nitrogens is 3. The van der Waals surface area contributed by atoms with Crippen molar-refractivity contribution in [2.24, 2.45) is 0 Å². The Morgan fingerprint density at radius 2 is 1.88 bits per heavy atom. The highest BCUT2D eigenvalue weighted by atomic mass is 16.5. The number of amides is 1. The number of anilines is 3. The van der Waals surface area contributed by atoms with Gasteiger partial charge < -0.3 is 25.0 Å². The van der Waals surface area contributed by atoms with Gasteiger partial charge in [-0.05, 0) is 38.1 Å². The Morgan fingerprint density at radius 1 is 1.12 bits per heavy atom. The molecule has 4 rings (SSSR count). The summed E-state index contributed by atoms with van der Waals surface area (Å²) in [5.74, 6) is 1.57. The molecule has 3 aromatic rings. The second-order valence-corrected chi connectivity index (χ2v) is 7.85. The minimum atomic E-state index is -0.359. The number of ether oxygens (including phenoxy) is 2. The molecule has 0 saturated carbocycles. The smallest absolute Gasteiger partial charge is 0.270 e. The summed E-state index contributed by atoms with van der Waals surface area (Å²) in [6, 6.07) is 12.9. The van der Waals surface area contributed by atoms with Crippen molar-refractivity contribution in [2.75, 3.05) is 43.6 Å². The van der Waals surface area contributed by atoms with Gasteiger partial charge in [0.2, 0.25) is 5.95 Å². The fourth-order valence-corrected chi connectivity index (χ4v) is 3.41. The number of carbonyl (C=O) groups is 1. The van der Waals surface area contributed by atoms with Crippen LogP contribution in [-0.4, -0.2) is 54.3 Å². The number of hydrogen-bond donors (Lipinski definition) is 2. The van der Waals surface area contributed by atoms with E-state index < -0.39 is 0 Å². The van der Waals surface area contributed by atoms with Gasteiger partial charge in [-0.3, -0.25) is 4.79 Å². The van der Waals surface area contributed by atoms with Crippen molar-refractivity contribution in [3.8, 4) is 5.75 Å². The highest BCUT2D eigenvalue weighted by Crippen LogP contribution is 2.23. The zero-order valence-electron chi connectivity index (χ0n) is 19.0. The Balaban J connectivity index is 1.57. The maximum Gasteiger partial charge on any atom is 0.270 e. The fourth-order valence-electron chi connectivity index (χ4n) is 3.41. The lowest BCUT2D eigenvalue weighted by Gasteiger charge is -2.28. The van der Waals surface area contributed by atoms with Gasteiger partial charge >= 0.3 is 0 Å². The van der Waals surface area contributed by atoms with Crippen LogP contribution in [0.5, 0.6) is 5.75 Å². The van der Waals surface area contributed by atoms with Crippen molar-refractivity contribution in [1.82, 2.24) is 20.3 Å². The van der Waals surface area contributed by atoms with Crippen molar-refractivity contribution in [3.05, 3.63) is 65.6 Å². The molecular weight excluding hydrogens is 420 g/mol. The van der Waals surface area contributed by atoms with Crippen LogP contribution >= 0.6 is 0 Å². The number of hydrogen-bond acceptors (Lipinski definition) is 8. The molecule has 1 amide bonds. The van der Waals surface area contributed by atoms with Crippen LogP contribution < -0.4 is 20.3 Å². The molecule has 0 radical (unpaired) electrons. The van der Waals surface area contributed by atoms with Crippen molar-refractivity contribution >= 4 is 23.4 Å². The minimum absolute atomic E-state index is 0.287. The van der Waals surface area contributed by atoms with Crippen LogP contribution in [0, 0.1) is 6.92 Å². The molecule has 1 aliphatic rings. The summed E-state index contributed by atoms with van der Waals surface area (Å²) in [7, 11) is 1.56. The largest absolute Gasteiger partial charge is 0.495 e. The lowest BCUT2D eigenvalue weighted by molar-refractivity contribution is 0.0934. The maximum absolute atomic E-state index is 12.7. The van der Waals surface area contributed by atoms with Crippen LogP contribution in [0.4, 0.5) is 17.5 Å². The quantitative estimate of drug-likeness (QED) is 0.568. The van der Waals surface area contributed by atoms with Gasteiger partial charge in [-0.2, -0.15) is 4.98 Å². The average Bonchev–Trinajstić information content (AvgIpc) is 2.86. The van der Waals surface area contributed by atoms with E-state index in [0.29, 0.717) is 55.2 Å². The van der Waals surface area contributed by atoms with E-state index in [1.807, 2.05) is 44.2 Å². The van der Waals surface area contributed by atoms with Gasteiger partial charge in [0.25, 0.3) is 5.91 Å². The van der Waals surface area contributed by atoms with E-state index in [0.717, 1.165) is 5.69 Å². The van der Waals surface area contributed by atoms with E-state index in [9.17, 15) is 4.79 Å². The Labute approximate surface area is 193 Å². The third-order valence-corrected chi connectivity index (χ3v) is 5.35. The summed E-state index contributed by atoms with van der Waals surface area (Å²) in [5.41, 5.74) is 3.12. The number of carbonyl (C=O) groups excluding carboxylic acids is 1. The third-order valence-electron chi connectivity index (χ3n) is 5.35. The lowest BCUT2D eigenvalue weighted by atomic mass is 10.2. The Morgan fingerprint density at radius 3 is 2.55 bits per heavy atom. The average molecular weight is 449 g/mol. The van der Waals surface area contributed by atoms with Crippen LogP contribution in [0.15, 0.2) is 48.7 Å². The molecule has 2 N–H and O–H groups in total. The van der Waals surface area contributed by atoms with Gasteiger partial charge in [0.05, 0.1) is 38.3 Å². The second-order valence-electron chi connectivity index (χ2n) is 7.85. The molecule has 1 saturated heterocycles. The molecule has 9 nitrogen and oxygen atoms in total. The molecule has 172 valence electrons. The molecule has 3 heterocycles. The van der Waals surface area contributed by atoms with Crippen LogP contribution in [0.25, 0.3) is 0 Å². The van der Waals surface area contributed by atoms with Crippen LogP contribution in [-0.2, 0) is 4.74 Å². The Bertz CT molecular complexity index is 1080. The Hall–Kier alpha value is -3.72. The highest BCUT2D eigenvalue weighted by Gasteiger charge is 2.20. The molecule has 2 aromatic heterocycles. The first kappa shape index (κ1) is 22.5. The van der Waals surface area contributed by atoms with Gasteiger partial charge in [-0.25, -0.2) is 9.97 Å². The van der Waals surface area contributed by atoms with E-state index in [2.05, 4.69) is 20.5 Å². The standard InChI is InChI=1S/C24H28N6O3/c1-16-4-6-18(7-5-16)27-22-14-21(28-24(29-22)30-10-12-33-13-11-30)17(2)26-23(31)20-9-8-19(32-3)15-25-20/h4-9,14-15,17H,10-13H2,1-3H3,(H,26,31)(H,27,28,29)/t17-/m1/s1. The first-order valence-corrected chi connectivity index (χ1v) is 10.9. The molecule has 1 aliphatic heterocycles. The SMILES string of the molecule is COc1ccc(C(=O)N[C@H](C)c2cc(Nc3ccc(C)cc3)nc(N3CCOCC3)n2)nc1. The number of rotatable bonds is 7. The summed E-state index contributed by atoms with van der Waals surface area (Å²) >= 11 is 0. The fraction of sp³-hybridized carbons (Fsp3) is 0.333. The number of benzene rings is 1. The summed E-state index contributed by atoms with van der Waals surface area (Å²) in [6.07, 6.45) is 1.52. The highest BCUT2D eigenvalue weighted by molar-refractivity contribution is 5.92. The summed E-state index contributed by atoms with van der Waals surface area (Å²) in [4.78, 5) is 28.4. The summed E-state index contributed by atoms with van der Waals surface area (Å²) in [6.45, 7) is 6.62. The summed E-state index contributed by atoms with van der Waals surface area (Å²) in [5, 5.41) is 6.33. The van der Waals surface area contributed by atoms with Crippen molar-refractivity contribution in [3.63, 3.8) is 0 Å². The van der Waals surface area contributed by atoms with E-state index in [1.54, 1.807) is 19.2 Å². The molecule has 1 aromatic carbocycles. The van der Waals surface area contributed by atoms with Crippen molar-refractivity contribution < 1.29 is 14.3 Å². The van der Waals surface area contributed by atoms with Gasteiger partial charge in [0, 0.05) is 24.8 Å². The van der Waals surface area contributed by atoms with Gasteiger partial charge in [-0.1, -0.05) is 17.7 Å². The zero-order chi connectivity index (χ0) is 23.2. The summed E-state index contributed by atoms with van der Waals surface area (Å²) < 4.78 is 10.6. The maximum atomic E-state index is 12.7. The number of nitrogens with one attached hydrogen (secondary N) is 2. The molecule has 1 fully saturated rings. The second kappa shape index (κ2) is 10.3. The molecule has 33 heavy (non-hydrogen) atoms. The van der Waals surface area contributed by atoms with Crippen molar-refractivity contribution in [2.45, 2.75) is 19.9 Å². The van der Waals surface area contributed by atoms with Crippen LogP contribution in [0.1, 0.15) is 34.7 Å². The first-order valence-electron chi connectivity index (χ1n) is 10.9. The normalized spacial score (nSPS) is 14.5. The van der Waals surface area contributed by atoms with Crippen molar-refractivity contribution in [1.29, 1.82) is 0 Å². The van der Waals surface area contributed by atoms with E-state index in [1.165, 1.54) is 11.8 Å². The van der Waals surface area contributed by atoms with Gasteiger partial charge in [0.1, 0.15) is 17.3 Å². The van der Waals surface area contributed by atoms with E-state index in [4.69, 9.17) is 19.4 Å². The third kappa shape index (κ3) is 5.75. The number of pyridine rings is 1. The molecule has 1 atom stereocenters. The topological polar surface area (TPSA) is 102 Å². The predicted octanol–water partition coefficient (Wildman–Crippen LogP) is 3.26. The first-order chi connectivity index (χ1) is 16.0. The zero-order valence-corrected chi connectivity index (χ0v) is 19.0. The Kier molecular flexibility index (Phi) is 6.99. The number of aryl methyl sites for hydroxylation is 1. The van der Waals surface area contributed by atoms with E-state index >= 15 is 0 Å². The van der Waals surface area contributed by atoms with E-state index in [-0.39, 0.29) is 11.9 Å². The molecular formula is C24H28N6O3. The molecule has 0 unspecified atom stereocenters.